The van der Waals surface area contributed by atoms with E-state index in [1.54, 1.807) is 0 Å². The molecule has 0 bridgehead atoms. The van der Waals surface area contributed by atoms with E-state index in [1.807, 2.05) is 0 Å². The molecule has 1 unspecified atom stereocenters. The molecular formula is C20H22N3+. The van der Waals surface area contributed by atoms with Gasteiger partial charge in [-0.15, -0.1) is 0 Å². The van der Waals surface area contributed by atoms with Crippen LogP contribution in [0, 0.1) is 13.8 Å². The van der Waals surface area contributed by atoms with Gasteiger partial charge in [-0.2, -0.15) is 0 Å². The van der Waals surface area contributed by atoms with Crippen LogP contribution >= 0.6 is 0 Å². The van der Waals surface area contributed by atoms with Gasteiger partial charge in [0.2, 0.25) is 6.33 Å². The van der Waals surface area contributed by atoms with Gasteiger partial charge < -0.3 is 0 Å². The van der Waals surface area contributed by atoms with Crippen LogP contribution in [-0.2, 0) is 12.8 Å². The van der Waals surface area contributed by atoms with Gasteiger partial charge >= 0.3 is 0 Å². The standard InChI is InChI=1S/C20H22N3/c1-15-7-6-8-16(2)20(15)23-14-22-18(11-12-19(22)21-23)13-17-9-4-3-5-10-17/h3-10,14,18H,11-13H2,1-2H3/q+1. The number of hydrogen-bond donors (Lipinski definition) is 0. The minimum absolute atomic E-state index is 0.519. The number of aromatic nitrogens is 3. The first-order valence-corrected chi connectivity index (χ1v) is 8.32. The molecule has 0 aliphatic carbocycles. The highest BCUT2D eigenvalue weighted by Crippen LogP contribution is 2.23. The zero-order valence-corrected chi connectivity index (χ0v) is 13.7. The van der Waals surface area contributed by atoms with E-state index >= 15 is 0 Å². The molecule has 0 N–H and O–H groups in total. The molecule has 0 saturated heterocycles. The van der Waals surface area contributed by atoms with Crippen LogP contribution in [0.2, 0.25) is 0 Å². The predicted octanol–water partition coefficient (Wildman–Crippen LogP) is 3.51. The molecule has 3 aromatic rings. The fourth-order valence-corrected chi connectivity index (χ4v) is 3.67. The van der Waals surface area contributed by atoms with Crippen molar-refractivity contribution in [1.82, 2.24) is 9.78 Å². The molecule has 3 nitrogen and oxygen atoms in total. The lowest BCUT2D eigenvalue weighted by Crippen LogP contribution is -2.37. The van der Waals surface area contributed by atoms with Crippen LogP contribution in [0.4, 0.5) is 0 Å². The summed E-state index contributed by atoms with van der Waals surface area (Å²) >= 11 is 0. The van der Waals surface area contributed by atoms with E-state index in [2.05, 4.69) is 78.0 Å². The summed E-state index contributed by atoms with van der Waals surface area (Å²) in [5.41, 5.74) is 5.16. The number of rotatable bonds is 3. The topological polar surface area (TPSA) is 21.7 Å². The second-order valence-corrected chi connectivity index (χ2v) is 6.51. The van der Waals surface area contributed by atoms with Crippen LogP contribution in [0.1, 0.15) is 35.0 Å². The Kier molecular flexibility index (Phi) is 3.49. The fraction of sp³-hybridized carbons (Fsp3) is 0.300. The lowest BCUT2D eigenvalue weighted by atomic mass is 10.0. The van der Waals surface area contributed by atoms with Gasteiger partial charge in [-0.05, 0) is 37.0 Å². The van der Waals surface area contributed by atoms with Crippen molar-refractivity contribution < 1.29 is 4.57 Å². The quantitative estimate of drug-likeness (QED) is 0.679. The van der Waals surface area contributed by atoms with E-state index in [0.717, 1.165) is 12.8 Å². The smallest absolute Gasteiger partial charge is 0.231 e. The second kappa shape index (κ2) is 5.65. The van der Waals surface area contributed by atoms with E-state index < -0.39 is 0 Å². The van der Waals surface area contributed by atoms with Gasteiger partial charge in [0.25, 0.3) is 5.82 Å². The van der Waals surface area contributed by atoms with Gasteiger partial charge in [0.05, 0.1) is 6.04 Å². The highest BCUT2D eigenvalue weighted by Gasteiger charge is 2.32. The normalized spacial score (nSPS) is 16.5. The number of nitrogens with zero attached hydrogens (tertiary/aromatic N) is 3. The molecule has 23 heavy (non-hydrogen) atoms. The molecule has 0 radical (unpaired) electrons. The summed E-state index contributed by atoms with van der Waals surface area (Å²) in [4.78, 5) is 0. The maximum absolute atomic E-state index is 4.85. The van der Waals surface area contributed by atoms with Crippen molar-refractivity contribution in [3.63, 3.8) is 0 Å². The molecule has 0 amide bonds. The molecule has 0 saturated carbocycles. The summed E-state index contributed by atoms with van der Waals surface area (Å²) in [7, 11) is 0. The molecule has 4 rings (SSSR count). The van der Waals surface area contributed by atoms with Crippen molar-refractivity contribution in [1.29, 1.82) is 0 Å². The van der Waals surface area contributed by atoms with Crippen LogP contribution in [-0.4, -0.2) is 9.78 Å². The minimum atomic E-state index is 0.519. The van der Waals surface area contributed by atoms with Crippen molar-refractivity contribution in [3.05, 3.63) is 77.4 Å². The van der Waals surface area contributed by atoms with Crippen molar-refractivity contribution >= 4 is 0 Å². The molecule has 1 aromatic heterocycles. The lowest BCUT2D eigenvalue weighted by Gasteiger charge is -2.09. The van der Waals surface area contributed by atoms with Gasteiger partial charge in [0.1, 0.15) is 5.69 Å². The fourth-order valence-electron chi connectivity index (χ4n) is 3.67. The van der Waals surface area contributed by atoms with Gasteiger partial charge in [-0.25, -0.2) is 4.57 Å². The third kappa shape index (κ3) is 2.56. The number of benzene rings is 2. The van der Waals surface area contributed by atoms with Gasteiger partial charge in [-0.1, -0.05) is 53.2 Å². The Morgan fingerprint density at radius 3 is 2.52 bits per heavy atom. The largest absolute Gasteiger partial charge is 0.278 e. The SMILES string of the molecule is Cc1cccc(C)c1-n1c[n+]2c(n1)CCC2Cc1ccccc1. The predicted molar refractivity (Wildman–Crippen MR) is 90.7 cm³/mol. The summed E-state index contributed by atoms with van der Waals surface area (Å²) in [5, 5.41) is 4.85. The monoisotopic (exact) mass is 304 g/mol. The maximum Gasteiger partial charge on any atom is 0.278 e. The Hall–Kier alpha value is -2.42. The Balaban J connectivity index is 1.67. The summed E-state index contributed by atoms with van der Waals surface area (Å²) in [6, 6.07) is 17.7. The van der Waals surface area contributed by atoms with E-state index in [0.29, 0.717) is 6.04 Å². The average molecular weight is 304 g/mol. The third-order valence-electron chi connectivity index (χ3n) is 4.83. The molecule has 0 fully saturated rings. The van der Waals surface area contributed by atoms with E-state index in [9.17, 15) is 0 Å². The Morgan fingerprint density at radius 2 is 1.78 bits per heavy atom. The van der Waals surface area contributed by atoms with Crippen LogP contribution in [0.15, 0.2) is 54.9 Å². The van der Waals surface area contributed by atoms with Crippen molar-refractivity contribution in [2.24, 2.45) is 0 Å². The number of hydrogen-bond acceptors (Lipinski definition) is 1. The minimum Gasteiger partial charge on any atom is -0.231 e. The molecule has 1 aliphatic heterocycles. The first kappa shape index (κ1) is 14.2. The van der Waals surface area contributed by atoms with Crippen LogP contribution < -0.4 is 4.57 Å². The Morgan fingerprint density at radius 1 is 1.04 bits per heavy atom. The van der Waals surface area contributed by atoms with Gasteiger partial charge in [0.15, 0.2) is 0 Å². The maximum atomic E-state index is 4.85. The highest BCUT2D eigenvalue weighted by atomic mass is 15.4. The molecule has 2 heterocycles. The molecular weight excluding hydrogens is 282 g/mol. The molecule has 3 heteroatoms. The molecule has 2 aromatic carbocycles. The average Bonchev–Trinajstić information content (AvgIpc) is 3.10. The van der Waals surface area contributed by atoms with Crippen LogP contribution in [0.5, 0.6) is 0 Å². The van der Waals surface area contributed by atoms with Gasteiger partial charge in [0, 0.05) is 17.9 Å². The van der Waals surface area contributed by atoms with Crippen molar-refractivity contribution in [2.45, 2.75) is 39.2 Å². The number of fused-ring (bicyclic) bond motifs is 1. The third-order valence-corrected chi connectivity index (χ3v) is 4.83. The van der Waals surface area contributed by atoms with Crippen molar-refractivity contribution in [3.8, 4) is 5.69 Å². The van der Waals surface area contributed by atoms with E-state index in [-0.39, 0.29) is 0 Å². The van der Waals surface area contributed by atoms with Crippen molar-refractivity contribution in [2.75, 3.05) is 0 Å². The molecule has 116 valence electrons. The zero-order chi connectivity index (χ0) is 15.8. The summed E-state index contributed by atoms with van der Waals surface area (Å²) in [5.74, 6) is 1.20. The number of aryl methyl sites for hydroxylation is 3. The number of para-hydroxylation sites is 1. The molecule has 1 atom stereocenters. The molecule has 1 aliphatic rings. The Bertz CT molecular complexity index is 813. The van der Waals surface area contributed by atoms with Gasteiger partial charge in [-0.3, -0.25) is 0 Å². The summed E-state index contributed by atoms with van der Waals surface area (Å²) in [6.07, 6.45) is 5.52. The van der Waals surface area contributed by atoms with Crippen LogP contribution in [0.3, 0.4) is 0 Å². The Labute approximate surface area is 137 Å². The summed E-state index contributed by atoms with van der Waals surface area (Å²) < 4.78 is 4.44. The first-order valence-electron chi connectivity index (χ1n) is 8.32. The summed E-state index contributed by atoms with van der Waals surface area (Å²) in [6.45, 7) is 4.31. The highest BCUT2D eigenvalue weighted by molar-refractivity contribution is 5.45. The lowest BCUT2D eigenvalue weighted by molar-refractivity contribution is -0.716. The zero-order valence-electron chi connectivity index (χ0n) is 13.7. The van der Waals surface area contributed by atoms with Crippen LogP contribution in [0.25, 0.3) is 5.69 Å². The molecule has 0 spiro atoms. The van der Waals surface area contributed by atoms with E-state index in [1.165, 1.54) is 34.6 Å². The second-order valence-electron chi connectivity index (χ2n) is 6.51. The first-order chi connectivity index (χ1) is 11.2. The van der Waals surface area contributed by atoms with E-state index in [4.69, 9.17) is 5.10 Å².